The van der Waals surface area contributed by atoms with Gasteiger partial charge in [0, 0.05) is 23.9 Å². The highest BCUT2D eigenvalue weighted by Crippen LogP contribution is 2.28. The summed E-state index contributed by atoms with van der Waals surface area (Å²) >= 11 is 0. The predicted octanol–water partition coefficient (Wildman–Crippen LogP) is 2.29. The number of nitrogens with zero attached hydrogens (tertiary/aromatic N) is 4. The molecule has 0 atom stereocenters. The van der Waals surface area contributed by atoms with Crippen LogP contribution in [0, 0.1) is 5.92 Å². The quantitative estimate of drug-likeness (QED) is 0.778. The molecule has 5 nitrogen and oxygen atoms in total. The van der Waals surface area contributed by atoms with E-state index in [4.69, 9.17) is 0 Å². The fourth-order valence-electron chi connectivity index (χ4n) is 2.56. The van der Waals surface area contributed by atoms with E-state index < -0.39 is 0 Å². The van der Waals surface area contributed by atoms with Crippen molar-refractivity contribution >= 4 is 5.65 Å². The lowest BCUT2D eigenvalue weighted by atomic mass is 10.1. The van der Waals surface area contributed by atoms with Crippen LogP contribution in [0.25, 0.3) is 16.8 Å². The lowest BCUT2D eigenvalue weighted by Gasteiger charge is -2.08. The van der Waals surface area contributed by atoms with Gasteiger partial charge in [-0.25, -0.2) is 0 Å². The summed E-state index contributed by atoms with van der Waals surface area (Å²) in [5.74, 6) is 0.870. The summed E-state index contributed by atoms with van der Waals surface area (Å²) in [7, 11) is 0. The van der Waals surface area contributed by atoms with Gasteiger partial charge in [0.25, 0.3) is 0 Å². The van der Waals surface area contributed by atoms with Crippen molar-refractivity contribution in [3.05, 3.63) is 48.2 Å². The van der Waals surface area contributed by atoms with Crippen LogP contribution in [0.3, 0.4) is 0 Å². The van der Waals surface area contributed by atoms with Gasteiger partial charge in [-0.05, 0) is 47.4 Å². The first-order valence-corrected chi connectivity index (χ1v) is 7.37. The summed E-state index contributed by atoms with van der Waals surface area (Å²) < 4.78 is 1.76. The zero-order chi connectivity index (χ0) is 14.1. The number of nitrogens with one attached hydrogen (secondary N) is 1. The maximum atomic E-state index is 4.13. The molecule has 0 spiro atoms. The van der Waals surface area contributed by atoms with Crippen LogP contribution in [-0.2, 0) is 6.54 Å². The van der Waals surface area contributed by atoms with E-state index in [1.807, 2.05) is 24.4 Å². The van der Waals surface area contributed by atoms with Crippen molar-refractivity contribution in [1.82, 2.24) is 25.4 Å². The average molecular weight is 279 g/mol. The van der Waals surface area contributed by atoms with E-state index in [0.29, 0.717) is 0 Å². The summed E-state index contributed by atoms with van der Waals surface area (Å²) in [6, 6.07) is 12.5. The molecule has 2 aromatic heterocycles. The van der Waals surface area contributed by atoms with E-state index >= 15 is 0 Å². The minimum atomic E-state index is 0.807. The first-order valence-electron chi connectivity index (χ1n) is 7.37. The van der Waals surface area contributed by atoms with Crippen molar-refractivity contribution in [2.75, 3.05) is 6.54 Å². The third-order valence-corrected chi connectivity index (χ3v) is 3.92. The Balaban J connectivity index is 1.68. The average Bonchev–Trinajstić information content (AvgIpc) is 3.22. The summed E-state index contributed by atoms with van der Waals surface area (Å²) in [4.78, 5) is 0. The van der Waals surface area contributed by atoms with Crippen molar-refractivity contribution in [2.24, 2.45) is 5.92 Å². The molecule has 106 valence electrons. The number of tetrazole rings is 1. The normalized spacial score (nSPS) is 14.7. The van der Waals surface area contributed by atoms with Crippen LogP contribution in [0.1, 0.15) is 18.4 Å². The van der Waals surface area contributed by atoms with Gasteiger partial charge in [-0.1, -0.05) is 30.3 Å². The summed E-state index contributed by atoms with van der Waals surface area (Å²) in [6.07, 6.45) is 4.70. The molecule has 1 fully saturated rings. The molecule has 0 saturated heterocycles. The van der Waals surface area contributed by atoms with Crippen molar-refractivity contribution in [1.29, 1.82) is 0 Å². The molecule has 1 aromatic carbocycles. The Hall–Kier alpha value is -2.27. The molecular weight excluding hydrogens is 262 g/mol. The van der Waals surface area contributed by atoms with E-state index in [9.17, 15) is 0 Å². The van der Waals surface area contributed by atoms with Crippen LogP contribution in [0.5, 0.6) is 0 Å². The Kier molecular flexibility index (Phi) is 3.12. The standard InChI is InChI=1S/C16H17N5/c1-2-4-13(5-3-1)15-8-14(10-17-9-12-6-7-12)16-18-19-20-21(16)11-15/h1-5,8,11-12,17H,6-7,9-10H2. The highest BCUT2D eigenvalue weighted by molar-refractivity contribution is 5.66. The van der Waals surface area contributed by atoms with E-state index in [1.165, 1.54) is 18.4 Å². The molecule has 1 aliphatic carbocycles. The van der Waals surface area contributed by atoms with Gasteiger partial charge in [0.1, 0.15) is 0 Å². The number of benzene rings is 1. The third kappa shape index (κ3) is 2.64. The Bertz CT molecular complexity index is 746. The van der Waals surface area contributed by atoms with Gasteiger partial charge in [-0.3, -0.25) is 0 Å². The fourth-order valence-corrected chi connectivity index (χ4v) is 2.56. The number of pyridine rings is 1. The fraction of sp³-hybridized carbons (Fsp3) is 0.312. The Morgan fingerprint density at radius 2 is 2.00 bits per heavy atom. The molecular formula is C16H17N5. The van der Waals surface area contributed by atoms with Gasteiger partial charge < -0.3 is 5.32 Å². The van der Waals surface area contributed by atoms with Gasteiger partial charge in [-0.2, -0.15) is 4.52 Å². The maximum absolute atomic E-state index is 4.13. The number of rotatable bonds is 5. The molecule has 1 N–H and O–H groups in total. The molecule has 3 aromatic rings. The van der Waals surface area contributed by atoms with E-state index in [0.717, 1.165) is 35.8 Å². The minimum Gasteiger partial charge on any atom is -0.312 e. The highest BCUT2D eigenvalue weighted by atomic mass is 15.5. The maximum Gasteiger partial charge on any atom is 0.183 e. The van der Waals surface area contributed by atoms with Gasteiger partial charge in [0.15, 0.2) is 5.65 Å². The summed E-state index contributed by atoms with van der Waals surface area (Å²) in [5.41, 5.74) is 4.29. The van der Waals surface area contributed by atoms with Gasteiger partial charge >= 0.3 is 0 Å². The second kappa shape index (κ2) is 5.26. The molecule has 0 aliphatic heterocycles. The van der Waals surface area contributed by atoms with Crippen molar-refractivity contribution < 1.29 is 0 Å². The molecule has 0 bridgehead atoms. The first kappa shape index (κ1) is 12.5. The molecule has 0 radical (unpaired) electrons. The zero-order valence-corrected chi connectivity index (χ0v) is 11.7. The smallest absolute Gasteiger partial charge is 0.183 e. The first-order chi connectivity index (χ1) is 10.4. The number of hydrogen-bond donors (Lipinski definition) is 1. The second-order valence-electron chi connectivity index (χ2n) is 5.64. The van der Waals surface area contributed by atoms with Crippen LogP contribution in [-0.4, -0.2) is 26.6 Å². The van der Waals surface area contributed by atoms with Gasteiger partial charge in [0.05, 0.1) is 0 Å². The Morgan fingerprint density at radius 1 is 1.14 bits per heavy atom. The molecule has 2 heterocycles. The molecule has 5 heteroatoms. The number of aromatic nitrogens is 4. The summed E-state index contributed by atoms with van der Waals surface area (Å²) in [5, 5.41) is 15.5. The van der Waals surface area contributed by atoms with Crippen molar-refractivity contribution in [3.63, 3.8) is 0 Å². The molecule has 21 heavy (non-hydrogen) atoms. The summed E-state index contributed by atoms with van der Waals surface area (Å²) in [6.45, 7) is 1.89. The zero-order valence-electron chi connectivity index (χ0n) is 11.7. The van der Waals surface area contributed by atoms with Crippen LogP contribution in [0.4, 0.5) is 0 Å². The topological polar surface area (TPSA) is 55.1 Å². The van der Waals surface area contributed by atoms with Crippen LogP contribution >= 0.6 is 0 Å². The predicted molar refractivity (Wildman–Crippen MR) is 80.6 cm³/mol. The Morgan fingerprint density at radius 3 is 2.81 bits per heavy atom. The lowest BCUT2D eigenvalue weighted by Crippen LogP contribution is -2.17. The van der Waals surface area contributed by atoms with E-state index in [1.54, 1.807) is 4.52 Å². The monoisotopic (exact) mass is 279 g/mol. The van der Waals surface area contributed by atoms with E-state index in [2.05, 4.69) is 39.0 Å². The van der Waals surface area contributed by atoms with Gasteiger partial charge in [-0.15, -0.1) is 5.10 Å². The molecule has 4 rings (SSSR count). The minimum absolute atomic E-state index is 0.807. The van der Waals surface area contributed by atoms with Crippen LogP contribution in [0.15, 0.2) is 42.6 Å². The molecule has 1 aliphatic rings. The van der Waals surface area contributed by atoms with Crippen LogP contribution < -0.4 is 5.32 Å². The van der Waals surface area contributed by atoms with Crippen LogP contribution in [0.2, 0.25) is 0 Å². The molecule has 0 amide bonds. The largest absolute Gasteiger partial charge is 0.312 e. The van der Waals surface area contributed by atoms with E-state index in [-0.39, 0.29) is 0 Å². The molecule has 0 unspecified atom stereocenters. The second-order valence-corrected chi connectivity index (χ2v) is 5.64. The van der Waals surface area contributed by atoms with Crippen molar-refractivity contribution in [3.8, 4) is 11.1 Å². The number of hydrogen-bond acceptors (Lipinski definition) is 4. The third-order valence-electron chi connectivity index (χ3n) is 3.92. The Labute approximate surface area is 123 Å². The number of fused-ring (bicyclic) bond motifs is 1. The SMILES string of the molecule is c1ccc(-c2cc(CNCC3CC3)c3nnnn3c2)cc1. The lowest BCUT2D eigenvalue weighted by molar-refractivity contribution is 0.639. The van der Waals surface area contributed by atoms with Gasteiger partial charge in [0.2, 0.25) is 0 Å². The highest BCUT2D eigenvalue weighted by Gasteiger charge is 2.20. The van der Waals surface area contributed by atoms with Crippen molar-refractivity contribution in [2.45, 2.75) is 19.4 Å². The molecule has 1 saturated carbocycles.